The first-order chi connectivity index (χ1) is 25.6. The highest BCUT2D eigenvalue weighted by Gasteiger charge is 2.52. The molecule has 8 aliphatic rings. The summed E-state index contributed by atoms with van der Waals surface area (Å²) in [5.41, 5.74) is 11.5. The molecule has 8 saturated carbocycles. The van der Waals surface area contributed by atoms with Crippen molar-refractivity contribution in [1.82, 2.24) is 4.57 Å². The highest BCUT2D eigenvalue weighted by atomic mass is 15.1. The fourth-order valence-electron chi connectivity index (χ4n) is 14.3. The van der Waals surface area contributed by atoms with Crippen molar-refractivity contribution < 1.29 is 0 Å². The van der Waals surface area contributed by atoms with Gasteiger partial charge >= 0.3 is 0 Å². The number of nitrogens with zero attached hydrogens (tertiary/aromatic N) is 2. The van der Waals surface area contributed by atoms with Crippen LogP contribution in [0.3, 0.4) is 0 Å². The maximum atomic E-state index is 2.54. The molecule has 5 aromatic carbocycles. The number of rotatable bonds is 6. The molecule has 8 fully saturated rings. The molecule has 1 heterocycles. The third-order valence-electron chi connectivity index (χ3n) is 15.5. The van der Waals surface area contributed by atoms with Crippen LogP contribution in [0.15, 0.2) is 121 Å². The summed E-state index contributed by atoms with van der Waals surface area (Å²) in [6.45, 7) is 0. The minimum Gasteiger partial charge on any atom is -0.310 e. The highest BCUT2D eigenvalue weighted by molar-refractivity contribution is 6.10. The minimum absolute atomic E-state index is 0.412. The molecule has 0 aliphatic heterocycles. The fourth-order valence-corrected chi connectivity index (χ4v) is 14.3. The molecule has 0 N–H and O–H groups in total. The SMILES string of the molecule is c1ccc(-n2c3ccccc3c3cc(N(c4ccc(C56CC7CC(CC(C7)C5)C6)cc4)c4ccc(C56CC7CC(CC(C7)C5)C6)cc4)ccc32)cc1. The lowest BCUT2D eigenvalue weighted by Gasteiger charge is -2.57. The van der Waals surface area contributed by atoms with Gasteiger partial charge in [-0.05, 0) is 195 Å². The van der Waals surface area contributed by atoms with E-state index in [-0.39, 0.29) is 0 Å². The van der Waals surface area contributed by atoms with E-state index < -0.39 is 0 Å². The molecule has 14 rings (SSSR count). The summed E-state index contributed by atoms with van der Waals surface area (Å²) in [5.74, 6) is 5.75. The maximum Gasteiger partial charge on any atom is 0.0542 e. The van der Waals surface area contributed by atoms with Crippen molar-refractivity contribution >= 4 is 38.9 Å². The second kappa shape index (κ2) is 11.1. The monoisotopic (exact) mass is 678 g/mol. The molecular formula is C50H50N2. The molecule has 0 radical (unpaired) electrons. The van der Waals surface area contributed by atoms with Gasteiger partial charge in [-0.1, -0.05) is 60.7 Å². The molecule has 1 aromatic heterocycles. The Labute approximate surface area is 308 Å². The minimum atomic E-state index is 0.412. The Morgan fingerprint density at radius 3 is 1.33 bits per heavy atom. The molecule has 0 atom stereocenters. The van der Waals surface area contributed by atoms with Crippen LogP contribution in [0.5, 0.6) is 0 Å². The van der Waals surface area contributed by atoms with Gasteiger partial charge in [0.1, 0.15) is 0 Å². The quantitative estimate of drug-likeness (QED) is 0.170. The molecule has 260 valence electrons. The Hall–Kier alpha value is -4.30. The van der Waals surface area contributed by atoms with Crippen LogP contribution in [0.2, 0.25) is 0 Å². The third kappa shape index (κ3) is 4.55. The average molecular weight is 679 g/mol. The van der Waals surface area contributed by atoms with Crippen molar-refractivity contribution in [3.8, 4) is 5.69 Å². The first-order valence-electron chi connectivity index (χ1n) is 20.7. The van der Waals surface area contributed by atoms with E-state index in [4.69, 9.17) is 0 Å². The first-order valence-corrected chi connectivity index (χ1v) is 20.7. The van der Waals surface area contributed by atoms with E-state index in [0.29, 0.717) is 10.8 Å². The van der Waals surface area contributed by atoms with Gasteiger partial charge < -0.3 is 9.47 Å². The van der Waals surface area contributed by atoms with Gasteiger partial charge in [0.2, 0.25) is 0 Å². The number of anilines is 3. The fraction of sp³-hybridized carbons (Fsp3) is 0.400. The van der Waals surface area contributed by atoms with Crippen LogP contribution in [0.25, 0.3) is 27.5 Å². The van der Waals surface area contributed by atoms with Gasteiger partial charge in [0.25, 0.3) is 0 Å². The van der Waals surface area contributed by atoms with Crippen LogP contribution in [-0.2, 0) is 10.8 Å². The lowest BCUT2D eigenvalue weighted by Crippen LogP contribution is -2.48. The molecule has 0 amide bonds. The number of fused-ring (bicyclic) bond motifs is 3. The molecular weight excluding hydrogens is 629 g/mol. The molecule has 0 spiro atoms. The van der Waals surface area contributed by atoms with Crippen LogP contribution in [0, 0.1) is 35.5 Å². The van der Waals surface area contributed by atoms with Crippen LogP contribution in [0.1, 0.15) is 88.2 Å². The molecule has 8 aliphatic carbocycles. The van der Waals surface area contributed by atoms with Crippen LogP contribution in [0.4, 0.5) is 17.1 Å². The van der Waals surface area contributed by atoms with Gasteiger partial charge in [-0.15, -0.1) is 0 Å². The zero-order chi connectivity index (χ0) is 34.0. The van der Waals surface area contributed by atoms with Crippen LogP contribution >= 0.6 is 0 Å². The summed E-state index contributed by atoms with van der Waals surface area (Å²) < 4.78 is 2.43. The molecule has 6 aromatic rings. The summed E-state index contributed by atoms with van der Waals surface area (Å²) in [6.07, 6.45) is 17.4. The Balaban J connectivity index is 0.975. The summed E-state index contributed by atoms with van der Waals surface area (Å²) in [4.78, 5) is 2.54. The molecule has 0 unspecified atom stereocenters. The van der Waals surface area contributed by atoms with Crippen molar-refractivity contribution in [1.29, 1.82) is 0 Å². The van der Waals surface area contributed by atoms with E-state index in [0.717, 1.165) is 35.5 Å². The number of aromatic nitrogens is 1. The number of para-hydroxylation sites is 2. The standard InChI is InChI=1S/C50H50N2/c1-2-6-41(7-3-1)52-47-9-5-4-8-45(47)46-26-44(18-19-48(46)52)51(42-14-10-39(11-15-42)49-27-33-20-34(28-49)22-35(21-33)29-49)43-16-12-40(13-17-43)50-30-36-23-37(31-50)25-38(24-36)32-50/h1-19,26,33-38H,20-25,27-32H2. The third-order valence-corrected chi connectivity index (χ3v) is 15.5. The largest absolute Gasteiger partial charge is 0.310 e. The average Bonchev–Trinajstić information content (AvgIpc) is 3.49. The van der Waals surface area contributed by atoms with E-state index in [1.165, 1.54) is 122 Å². The lowest BCUT2D eigenvalue weighted by atomic mass is 9.48. The van der Waals surface area contributed by atoms with Crippen LogP contribution < -0.4 is 4.90 Å². The highest BCUT2D eigenvalue weighted by Crippen LogP contribution is 2.62. The second-order valence-corrected chi connectivity index (χ2v) is 18.7. The smallest absolute Gasteiger partial charge is 0.0542 e. The van der Waals surface area contributed by atoms with Gasteiger partial charge in [-0.3, -0.25) is 0 Å². The number of benzene rings is 5. The summed E-state index contributed by atoms with van der Waals surface area (Å²) in [5, 5.41) is 2.61. The van der Waals surface area contributed by atoms with E-state index >= 15 is 0 Å². The molecule has 52 heavy (non-hydrogen) atoms. The van der Waals surface area contributed by atoms with Gasteiger partial charge in [-0.25, -0.2) is 0 Å². The summed E-state index contributed by atoms with van der Waals surface area (Å²) in [7, 11) is 0. The molecule has 8 bridgehead atoms. The van der Waals surface area contributed by atoms with Gasteiger partial charge in [-0.2, -0.15) is 0 Å². The Morgan fingerprint density at radius 2 is 0.827 bits per heavy atom. The van der Waals surface area contributed by atoms with Crippen molar-refractivity contribution in [2.24, 2.45) is 35.5 Å². The predicted molar refractivity (Wildman–Crippen MR) is 215 cm³/mol. The van der Waals surface area contributed by atoms with Crippen molar-refractivity contribution in [2.45, 2.75) is 87.9 Å². The van der Waals surface area contributed by atoms with E-state index in [2.05, 4.69) is 131 Å². The molecule has 2 heteroatoms. The lowest BCUT2D eigenvalue weighted by molar-refractivity contribution is -0.00529. The number of hydrogen-bond donors (Lipinski definition) is 0. The Kier molecular flexibility index (Phi) is 6.45. The van der Waals surface area contributed by atoms with Crippen LogP contribution in [-0.4, -0.2) is 4.57 Å². The molecule has 2 nitrogen and oxygen atoms in total. The zero-order valence-corrected chi connectivity index (χ0v) is 30.4. The van der Waals surface area contributed by atoms with Gasteiger partial charge in [0.05, 0.1) is 11.0 Å². The molecule has 0 saturated heterocycles. The van der Waals surface area contributed by atoms with E-state index in [1.807, 2.05) is 0 Å². The number of hydrogen-bond acceptors (Lipinski definition) is 1. The summed E-state index contributed by atoms with van der Waals surface area (Å²) in [6, 6.07) is 46.9. The maximum absolute atomic E-state index is 2.54. The van der Waals surface area contributed by atoms with E-state index in [1.54, 1.807) is 11.1 Å². The summed E-state index contributed by atoms with van der Waals surface area (Å²) >= 11 is 0. The topological polar surface area (TPSA) is 8.17 Å². The van der Waals surface area contributed by atoms with Gasteiger partial charge in [0.15, 0.2) is 0 Å². The Bertz CT molecular complexity index is 2150. The first kappa shape index (κ1) is 30.2. The normalized spacial score (nSPS) is 32.6. The second-order valence-electron chi connectivity index (χ2n) is 18.7. The predicted octanol–water partition coefficient (Wildman–Crippen LogP) is 13.2. The van der Waals surface area contributed by atoms with Crippen molar-refractivity contribution in [2.75, 3.05) is 4.90 Å². The Morgan fingerprint density at radius 1 is 0.404 bits per heavy atom. The van der Waals surface area contributed by atoms with E-state index in [9.17, 15) is 0 Å². The van der Waals surface area contributed by atoms with Gasteiger partial charge in [0, 0.05) is 33.5 Å². The van der Waals surface area contributed by atoms with Crippen molar-refractivity contribution in [3.05, 3.63) is 132 Å². The van der Waals surface area contributed by atoms with Crippen molar-refractivity contribution in [3.63, 3.8) is 0 Å². The zero-order valence-electron chi connectivity index (χ0n) is 30.4.